The van der Waals surface area contributed by atoms with Gasteiger partial charge in [-0.05, 0) is 31.2 Å². The number of halogens is 1. The molecule has 0 radical (unpaired) electrons. The second-order valence-corrected chi connectivity index (χ2v) is 4.89. The third-order valence-corrected chi connectivity index (χ3v) is 3.21. The van der Waals surface area contributed by atoms with Crippen LogP contribution >= 0.6 is 11.6 Å². The van der Waals surface area contributed by atoms with Crippen molar-refractivity contribution in [1.82, 2.24) is 4.98 Å². The van der Waals surface area contributed by atoms with Gasteiger partial charge in [0, 0.05) is 11.1 Å². The molecule has 0 aliphatic carbocycles. The third-order valence-electron chi connectivity index (χ3n) is 3.02. The van der Waals surface area contributed by atoms with Crippen LogP contribution < -0.4 is 5.32 Å². The standard InChI is InChI=1S/C16H13ClN2/c1-11-6-8-12(9-7-11)18-15-10-16(17)19-14-5-3-2-4-13(14)15/h2-10H,1H3,(H,18,19). The number of benzene rings is 2. The Morgan fingerprint density at radius 3 is 2.53 bits per heavy atom. The number of hydrogen-bond donors (Lipinski definition) is 1. The highest BCUT2D eigenvalue weighted by atomic mass is 35.5. The summed E-state index contributed by atoms with van der Waals surface area (Å²) in [5.74, 6) is 0. The maximum Gasteiger partial charge on any atom is 0.131 e. The molecule has 0 spiro atoms. The summed E-state index contributed by atoms with van der Waals surface area (Å²) in [6.07, 6.45) is 0. The number of nitrogens with zero attached hydrogens (tertiary/aromatic N) is 1. The van der Waals surface area contributed by atoms with Crippen molar-refractivity contribution in [3.8, 4) is 0 Å². The van der Waals surface area contributed by atoms with Gasteiger partial charge in [-0.2, -0.15) is 0 Å². The highest BCUT2D eigenvalue weighted by Crippen LogP contribution is 2.28. The van der Waals surface area contributed by atoms with Crippen molar-refractivity contribution in [3.05, 3.63) is 65.3 Å². The predicted molar refractivity (Wildman–Crippen MR) is 81.2 cm³/mol. The topological polar surface area (TPSA) is 24.9 Å². The summed E-state index contributed by atoms with van der Waals surface area (Å²) >= 11 is 6.06. The average molecular weight is 269 g/mol. The Morgan fingerprint density at radius 2 is 1.74 bits per heavy atom. The average Bonchev–Trinajstić information content (AvgIpc) is 2.41. The monoisotopic (exact) mass is 268 g/mol. The van der Waals surface area contributed by atoms with Gasteiger partial charge >= 0.3 is 0 Å². The largest absolute Gasteiger partial charge is 0.355 e. The molecule has 0 unspecified atom stereocenters. The molecule has 0 atom stereocenters. The molecule has 2 nitrogen and oxygen atoms in total. The fraction of sp³-hybridized carbons (Fsp3) is 0.0625. The van der Waals surface area contributed by atoms with Gasteiger partial charge in [0.15, 0.2) is 0 Å². The minimum absolute atomic E-state index is 0.494. The van der Waals surface area contributed by atoms with Crippen molar-refractivity contribution in [2.75, 3.05) is 5.32 Å². The molecular formula is C16H13ClN2. The van der Waals surface area contributed by atoms with Crippen LogP contribution in [0.5, 0.6) is 0 Å². The van der Waals surface area contributed by atoms with Gasteiger partial charge in [-0.25, -0.2) is 4.98 Å². The zero-order valence-electron chi connectivity index (χ0n) is 10.5. The molecule has 0 aliphatic heterocycles. The SMILES string of the molecule is Cc1ccc(Nc2cc(Cl)nc3ccccc23)cc1. The van der Waals surface area contributed by atoms with E-state index in [1.165, 1.54) is 5.56 Å². The van der Waals surface area contributed by atoms with Gasteiger partial charge in [-0.3, -0.25) is 0 Å². The Hall–Kier alpha value is -2.06. The van der Waals surface area contributed by atoms with Crippen LogP contribution in [0.2, 0.25) is 5.15 Å². The molecule has 2 aromatic carbocycles. The zero-order valence-corrected chi connectivity index (χ0v) is 11.3. The maximum atomic E-state index is 6.06. The molecule has 0 fully saturated rings. The van der Waals surface area contributed by atoms with E-state index >= 15 is 0 Å². The lowest BCUT2D eigenvalue weighted by Gasteiger charge is -2.10. The van der Waals surface area contributed by atoms with Gasteiger partial charge in [0.05, 0.1) is 11.2 Å². The van der Waals surface area contributed by atoms with Gasteiger partial charge in [0.25, 0.3) is 0 Å². The van der Waals surface area contributed by atoms with E-state index in [-0.39, 0.29) is 0 Å². The van der Waals surface area contributed by atoms with Gasteiger partial charge in [0.2, 0.25) is 0 Å². The molecule has 19 heavy (non-hydrogen) atoms. The van der Waals surface area contributed by atoms with Gasteiger partial charge in [-0.1, -0.05) is 47.5 Å². The molecule has 94 valence electrons. The molecule has 1 aromatic heterocycles. The number of rotatable bonds is 2. The quantitative estimate of drug-likeness (QED) is 0.666. The fourth-order valence-electron chi connectivity index (χ4n) is 2.04. The van der Waals surface area contributed by atoms with Crippen molar-refractivity contribution in [1.29, 1.82) is 0 Å². The number of para-hydroxylation sites is 1. The van der Waals surface area contributed by atoms with Crippen molar-refractivity contribution in [3.63, 3.8) is 0 Å². The van der Waals surface area contributed by atoms with Crippen LogP contribution in [0.25, 0.3) is 10.9 Å². The van der Waals surface area contributed by atoms with E-state index < -0.39 is 0 Å². The minimum Gasteiger partial charge on any atom is -0.355 e. The van der Waals surface area contributed by atoms with Crippen molar-refractivity contribution in [2.24, 2.45) is 0 Å². The predicted octanol–water partition coefficient (Wildman–Crippen LogP) is 4.94. The van der Waals surface area contributed by atoms with E-state index in [1.54, 1.807) is 0 Å². The van der Waals surface area contributed by atoms with Gasteiger partial charge in [0.1, 0.15) is 5.15 Å². The van der Waals surface area contributed by atoms with E-state index in [4.69, 9.17) is 11.6 Å². The van der Waals surface area contributed by atoms with Crippen molar-refractivity contribution in [2.45, 2.75) is 6.92 Å². The third kappa shape index (κ3) is 2.54. The lowest BCUT2D eigenvalue weighted by Crippen LogP contribution is -1.93. The first-order chi connectivity index (χ1) is 9.22. The molecule has 3 aromatic rings. The summed E-state index contributed by atoms with van der Waals surface area (Å²) in [4.78, 5) is 4.32. The number of hydrogen-bond acceptors (Lipinski definition) is 2. The summed E-state index contributed by atoms with van der Waals surface area (Å²) in [5, 5.41) is 4.95. The van der Waals surface area contributed by atoms with E-state index in [0.29, 0.717) is 5.15 Å². The van der Waals surface area contributed by atoms with Crippen LogP contribution in [-0.4, -0.2) is 4.98 Å². The highest BCUT2D eigenvalue weighted by Gasteiger charge is 2.04. The Kier molecular flexibility index (Phi) is 3.10. The first-order valence-corrected chi connectivity index (χ1v) is 6.49. The van der Waals surface area contributed by atoms with Crippen LogP contribution in [0, 0.1) is 6.92 Å². The second kappa shape index (κ2) is 4.90. The van der Waals surface area contributed by atoms with Crippen molar-refractivity contribution >= 4 is 33.9 Å². The molecule has 3 rings (SSSR count). The lowest BCUT2D eigenvalue weighted by atomic mass is 10.1. The molecule has 0 saturated carbocycles. The normalized spacial score (nSPS) is 10.6. The van der Waals surface area contributed by atoms with Crippen molar-refractivity contribution < 1.29 is 0 Å². The molecule has 3 heteroatoms. The summed E-state index contributed by atoms with van der Waals surface area (Å²) in [6, 6.07) is 18.1. The number of anilines is 2. The highest BCUT2D eigenvalue weighted by molar-refractivity contribution is 6.30. The number of aromatic nitrogens is 1. The molecule has 0 aliphatic rings. The molecule has 0 saturated heterocycles. The molecule has 0 amide bonds. The van der Waals surface area contributed by atoms with Gasteiger partial charge in [-0.15, -0.1) is 0 Å². The zero-order chi connectivity index (χ0) is 13.2. The number of aryl methyl sites for hydroxylation is 1. The molecular weight excluding hydrogens is 256 g/mol. The Morgan fingerprint density at radius 1 is 1.00 bits per heavy atom. The summed E-state index contributed by atoms with van der Waals surface area (Å²) in [5.41, 5.74) is 4.14. The first-order valence-electron chi connectivity index (χ1n) is 6.11. The molecule has 1 heterocycles. The van der Waals surface area contributed by atoms with E-state index in [2.05, 4.69) is 41.5 Å². The Balaban J connectivity index is 2.07. The van der Waals surface area contributed by atoms with E-state index in [0.717, 1.165) is 22.3 Å². The van der Waals surface area contributed by atoms with E-state index in [1.807, 2.05) is 30.3 Å². The number of fused-ring (bicyclic) bond motifs is 1. The van der Waals surface area contributed by atoms with E-state index in [9.17, 15) is 0 Å². The summed E-state index contributed by atoms with van der Waals surface area (Å²) in [6.45, 7) is 2.07. The van der Waals surface area contributed by atoms with Crippen LogP contribution in [-0.2, 0) is 0 Å². The molecule has 0 bridgehead atoms. The van der Waals surface area contributed by atoms with Gasteiger partial charge < -0.3 is 5.32 Å². The maximum absolute atomic E-state index is 6.06. The summed E-state index contributed by atoms with van der Waals surface area (Å²) in [7, 11) is 0. The second-order valence-electron chi connectivity index (χ2n) is 4.50. The van der Waals surface area contributed by atoms with Crippen LogP contribution in [0.1, 0.15) is 5.56 Å². The minimum atomic E-state index is 0.494. The lowest BCUT2D eigenvalue weighted by molar-refractivity contribution is 1.40. The Labute approximate surface area is 117 Å². The fourth-order valence-corrected chi connectivity index (χ4v) is 2.24. The smallest absolute Gasteiger partial charge is 0.131 e. The number of pyridine rings is 1. The summed E-state index contributed by atoms with van der Waals surface area (Å²) < 4.78 is 0. The number of nitrogens with one attached hydrogen (secondary N) is 1. The first kappa shape index (κ1) is 12.0. The Bertz CT molecular complexity index is 720. The molecule has 1 N–H and O–H groups in total. The van der Waals surface area contributed by atoms with Crippen LogP contribution in [0.4, 0.5) is 11.4 Å². The van der Waals surface area contributed by atoms with Crippen LogP contribution in [0.3, 0.4) is 0 Å². The van der Waals surface area contributed by atoms with Crippen LogP contribution in [0.15, 0.2) is 54.6 Å².